The van der Waals surface area contributed by atoms with Crippen LogP contribution in [-0.2, 0) is 6.42 Å². The molecule has 96 heavy (non-hydrogen) atoms. The molecule has 0 amide bonds. The number of aromatic nitrogens is 6. The Labute approximate surface area is 560 Å². The Morgan fingerprint density at radius 2 is 0.750 bits per heavy atom. The Morgan fingerprint density at radius 3 is 1.38 bits per heavy atom. The zero-order valence-corrected chi connectivity index (χ0v) is 52.0. The van der Waals surface area contributed by atoms with E-state index < -0.39 is 0 Å². The Kier molecular flexibility index (Phi) is 14.4. The fraction of sp³-hybridized carbons (Fsp3) is 0.0227. The minimum Gasteiger partial charge on any atom is -0.277 e. The van der Waals surface area contributed by atoms with Crippen molar-refractivity contribution in [3.63, 3.8) is 0 Å². The van der Waals surface area contributed by atoms with Gasteiger partial charge in [-0.25, -0.2) is 19.9 Å². The van der Waals surface area contributed by atoms with Crippen molar-refractivity contribution in [2.45, 2.75) is 13.8 Å². The van der Waals surface area contributed by atoms with Crippen LogP contribution in [0.5, 0.6) is 0 Å². The van der Waals surface area contributed by atoms with Crippen molar-refractivity contribution < 1.29 is 0 Å². The second kappa shape index (κ2) is 24.0. The van der Waals surface area contributed by atoms with Crippen LogP contribution in [0, 0.1) is 0 Å². The van der Waals surface area contributed by atoms with Crippen LogP contribution in [0.1, 0.15) is 18.6 Å². The number of nitrogens with zero attached hydrogens (tertiary/aromatic N) is 7. The topological polar surface area (TPSA) is 80.6 Å². The third kappa shape index (κ3) is 9.91. The summed E-state index contributed by atoms with van der Waals surface area (Å²) in [6.45, 7) is 0. The van der Waals surface area contributed by atoms with Crippen molar-refractivity contribution in [3.8, 4) is 67.0 Å². The van der Waals surface area contributed by atoms with Gasteiger partial charge in [-0.1, -0.05) is 280 Å². The molecule has 1 aliphatic heterocycles. The second-order valence-electron chi connectivity index (χ2n) is 24.2. The first-order valence-electron chi connectivity index (χ1n) is 32.0. The van der Waals surface area contributed by atoms with Crippen LogP contribution < -0.4 is 4.90 Å². The van der Waals surface area contributed by atoms with E-state index in [-0.39, 0.29) is 12.7 Å². The second-order valence-corrected chi connectivity index (χ2v) is 24.5. The van der Waals surface area contributed by atoms with Crippen molar-refractivity contribution in [1.29, 1.82) is 0 Å². The van der Waals surface area contributed by atoms with E-state index in [1.165, 1.54) is 76.5 Å². The van der Waals surface area contributed by atoms with Crippen LogP contribution in [0.2, 0.25) is 5.28 Å². The van der Waals surface area contributed by atoms with Crippen molar-refractivity contribution in [3.05, 3.63) is 332 Å². The van der Waals surface area contributed by atoms with Crippen molar-refractivity contribution in [2.75, 3.05) is 4.90 Å². The number of halogens is 1. The summed E-state index contributed by atoms with van der Waals surface area (Å²) < 4.78 is 0. The van der Waals surface area contributed by atoms with Crippen LogP contribution in [0.3, 0.4) is 0 Å². The summed E-state index contributed by atoms with van der Waals surface area (Å²) in [5, 5.41) is 14.8. The van der Waals surface area contributed by atoms with Crippen molar-refractivity contribution in [2.24, 2.45) is 0 Å². The quantitative estimate of drug-likeness (QED) is 0.159. The summed E-state index contributed by atoms with van der Waals surface area (Å²) in [5.41, 5.74) is 22.3. The summed E-state index contributed by atoms with van der Waals surface area (Å²) in [6.07, 6.45) is 4.72. The van der Waals surface area contributed by atoms with Gasteiger partial charge in [0.15, 0.2) is 0 Å². The first-order chi connectivity index (χ1) is 47.0. The molecule has 2 aliphatic rings. The van der Waals surface area contributed by atoms with E-state index in [2.05, 4.69) is 292 Å². The third-order valence-electron chi connectivity index (χ3n) is 18.8. The molecule has 20 rings (SSSR count). The number of pyridine rings is 2. The van der Waals surface area contributed by atoms with Gasteiger partial charge in [0.2, 0.25) is 11.2 Å². The summed E-state index contributed by atoms with van der Waals surface area (Å²) >= 11 is 6.14. The number of rotatable bonds is 5. The van der Waals surface area contributed by atoms with Crippen molar-refractivity contribution in [1.82, 2.24) is 29.9 Å². The molecule has 14 aromatic carbocycles. The molecule has 0 fully saturated rings. The van der Waals surface area contributed by atoms with Gasteiger partial charge in [0.1, 0.15) is 0 Å². The molecule has 452 valence electrons. The van der Waals surface area contributed by atoms with Crippen molar-refractivity contribution >= 4 is 116 Å². The van der Waals surface area contributed by atoms with Gasteiger partial charge in [0.25, 0.3) is 0 Å². The maximum atomic E-state index is 6.14. The Bertz CT molecular complexity index is 6090. The lowest BCUT2D eigenvalue weighted by Gasteiger charge is -2.33. The molecule has 0 unspecified atom stereocenters. The molecular weight excluding hydrogens is 1190 g/mol. The minimum absolute atomic E-state index is 0. The van der Waals surface area contributed by atoms with Gasteiger partial charge in [-0.05, 0) is 120 Å². The highest BCUT2D eigenvalue weighted by molar-refractivity contribution is 6.29. The number of para-hydroxylation sites is 4. The first kappa shape index (κ1) is 57.6. The zero-order chi connectivity index (χ0) is 62.9. The Balaban J connectivity index is 0.000000120. The van der Waals surface area contributed by atoms with Crippen LogP contribution in [0.15, 0.2) is 316 Å². The summed E-state index contributed by atoms with van der Waals surface area (Å²) in [5.74, 6) is 0.653. The largest absolute Gasteiger partial charge is 0.277 e. The monoisotopic (exact) mass is 1250 g/mol. The predicted octanol–water partition coefficient (Wildman–Crippen LogP) is 23.6. The summed E-state index contributed by atoms with van der Waals surface area (Å²) in [4.78, 5) is 31.0. The third-order valence-corrected chi connectivity index (χ3v) is 19.0. The molecule has 0 saturated carbocycles. The van der Waals surface area contributed by atoms with Gasteiger partial charge in [-0.15, -0.1) is 0 Å². The fourth-order valence-corrected chi connectivity index (χ4v) is 14.7. The molecule has 0 atom stereocenters. The standard InChI is InChI=1S/C43H26N4.C23H14ClN3.C21H14.CH4/c1-2-14-33-27(9-1)24-25-35-34-17-5-10-29-11-7-19-38(39(29)34)47(42(33)35)43-45-37-18-4-3-15-36(37)41(46-43)31-22-20-28(21-23-31)32-16-6-12-30-13-8-26-44-40(30)32;24-23-26-20-9-2-1-7-19(20)22(27-23)17-12-10-15(11-13-17)18-8-3-5-16-6-4-14-25-21(16)18;1-2-9-17-14(5-1)11-12-18-19-10-4-7-15-6-3-8-16(21(15)19)13-20(17)18;/h1-26H;1-14H;1-12H,13H2;1H4. The first-order valence-corrected chi connectivity index (χ1v) is 32.3. The van der Waals surface area contributed by atoms with E-state index in [0.717, 1.165) is 106 Å². The van der Waals surface area contributed by atoms with Gasteiger partial charge in [0.05, 0.1) is 44.8 Å². The number of anilines is 3. The average Bonchev–Trinajstić information content (AvgIpc) is 0.720. The maximum Gasteiger partial charge on any atom is 0.235 e. The molecule has 4 aromatic heterocycles. The predicted molar refractivity (Wildman–Crippen MR) is 402 cm³/mol. The van der Waals surface area contributed by atoms with Crippen LogP contribution in [0.25, 0.3) is 154 Å². The lowest BCUT2D eigenvalue weighted by molar-refractivity contribution is 1.12. The Hall–Kier alpha value is -12.3. The van der Waals surface area contributed by atoms with E-state index in [0.29, 0.717) is 5.95 Å². The molecule has 5 heterocycles. The highest BCUT2D eigenvalue weighted by Crippen LogP contribution is 2.53. The van der Waals surface area contributed by atoms with E-state index in [1.54, 1.807) is 0 Å². The number of fused-ring (bicyclic) bond motifs is 12. The van der Waals surface area contributed by atoms with E-state index in [4.69, 9.17) is 21.6 Å². The molecule has 1 aliphatic carbocycles. The lowest BCUT2D eigenvalue weighted by Crippen LogP contribution is -2.18. The fourth-order valence-electron chi connectivity index (χ4n) is 14.5. The molecule has 8 heteroatoms. The number of benzene rings is 14. The van der Waals surface area contributed by atoms with Gasteiger partial charge >= 0.3 is 0 Å². The van der Waals surface area contributed by atoms with E-state index in [9.17, 15) is 0 Å². The molecule has 7 nitrogen and oxygen atoms in total. The van der Waals surface area contributed by atoms with Gasteiger partial charge in [-0.2, -0.15) is 0 Å². The van der Waals surface area contributed by atoms with E-state index >= 15 is 0 Å². The highest BCUT2D eigenvalue weighted by atomic mass is 35.5. The van der Waals surface area contributed by atoms with Gasteiger partial charge in [0, 0.05) is 72.5 Å². The smallest absolute Gasteiger partial charge is 0.235 e. The van der Waals surface area contributed by atoms with Gasteiger partial charge in [-0.3, -0.25) is 14.9 Å². The minimum atomic E-state index is 0. The van der Waals surface area contributed by atoms with Gasteiger partial charge < -0.3 is 0 Å². The molecule has 0 N–H and O–H groups in total. The van der Waals surface area contributed by atoms with Crippen LogP contribution in [-0.4, -0.2) is 29.9 Å². The molecule has 0 radical (unpaired) electrons. The summed E-state index contributed by atoms with van der Waals surface area (Å²) in [7, 11) is 0. The SMILES string of the molecule is C.Clc1nc(-c2ccc(-c3cccc4cccnc34)cc2)c2ccccc2n1.c1ccc2c3c(ccc2c1)-c1cccc2cccc(c12)C3.c1ccc2c3c(ccc2c1)-c1cccc2cccc(c12)N3c1nc(-c2ccc(-c3cccc4cccnc34)cc2)c2ccccc2n1. The zero-order valence-electron chi connectivity index (χ0n) is 51.2. The van der Waals surface area contributed by atoms with E-state index in [1.807, 2.05) is 48.8 Å². The van der Waals surface area contributed by atoms with Crippen LogP contribution >= 0.6 is 11.6 Å². The molecule has 0 saturated heterocycles. The van der Waals surface area contributed by atoms with Crippen LogP contribution in [0.4, 0.5) is 17.3 Å². The maximum absolute atomic E-state index is 6.14. The normalized spacial score (nSPS) is 11.9. The molecule has 0 bridgehead atoms. The summed E-state index contributed by atoms with van der Waals surface area (Å²) in [6, 6.07) is 107. The number of hydrogen-bond acceptors (Lipinski definition) is 7. The molecule has 18 aromatic rings. The highest BCUT2D eigenvalue weighted by Gasteiger charge is 2.30. The lowest BCUT2D eigenvalue weighted by atomic mass is 9.81. The molecular formula is C88H58ClN7. The Morgan fingerprint density at radius 1 is 0.302 bits per heavy atom. The average molecular weight is 1250 g/mol. The molecule has 0 spiro atoms. The number of hydrogen-bond donors (Lipinski definition) is 0.